The van der Waals surface area contributed by atoms with E-state index in [4.69, 9.17) is 11.6 Å². The topological polar surface area (TPSA) is 46.9 Å². The minimum atomic E-state index is -4.70. The number of fused-ring (bicyclic) bond motifs is 1. The van der Waals surface area contributed by atoms with E-state index < -0.39 is 23.8 Å². The summed E-state index contributed by atoms with van der Waals surface area (Å²) in [4.78, 5) is 13.0. The van der Waals surface area contributed by atoms with Gasteiger partial charge in [0.15, 0.2) is 5.69 Å². The monoisotopic (exact) mass is 445 g/mol. The van der Waals surface area contributed by atoms with E-state index in [1.807, 2.05) is 24.3 Å². The van der Waals surface area contributed by atoms with E-state index in [2.05, 4.69) is 16.5 Å². The Bertz CT molecular complexity index is 1170. The molecule has 0 spiro atoms. The van der Waals surface area contributed by atoms with Gasteiger partial charge in [-0.1, -0.05) is 54.1 Å². The van der Waals surface area contributed by atoms with Crippen LogP contribution in [0.1, 0.15) is 52.3 Å². The van der Waals surface area contributed by atoms with Gasteiger partial charge >= 0.3 is 6.18 Å². The van der Waals surface area contributed by atoms with Crippen LogP contribution in [0.5, 0.6) is 0 Å². The maximum absolute atomic E-state index is 13.3. The molecule has 1 aromatic heterocycles. The summed E-state index contributed by atoms with van der Waals surface area (Å²) in [5.74, 6) is -0.673. The number of alkyl halides is 3. The van der Waals surface area contributed by atoms with Crippen LogP contribution in [0.25, 0.3) is 11.8 Å². The van der Waals surface area contributed by atoms with Crippen LogP contribution in [0.2, 0.25) is 5.02 Å². The second-order valence-corrected chi connectivity index (χ2v) is 7.74. The molecular formula is C23H19ClF3N3O. The highest BCUT2D eigenvalue weighted by Crippen LogP contribution is 2.32. The van der Waals surface area contributed by atoms with Gasteiger partial charge in [0, 0.05) is 6.07 Å². The summed E-state index contributed by atoms with van der Waals surface area (Å²) in [6.45, 7) is 1.80. The fraction of sp³-hybridized carbons (Fsp3) is 0.217. The van der Waals surface area contributed by atoms with Crippen molar-refractivity contribution >= 4 is 23.6 Å². The van der Waals surface area contributed by atoms with Gasteiger partial charge in [0.1, 0.15) is 5.69 Å². The standard InChI is InChI=1S/C23H19ClF3N3O/c1-14(16-10-6-8-15-7-2-3-9-17(15)16)28-22(31)20-13-21(23(25,26)27)29-30(20)19-12-5-4-11-18(19)24/h3-6,8-14H,2,7H2,1H3,(H,28,31)/t14-/m0/s1. The van der Waals surface area contributed by atoms with Crippen LogP contribution in [0.15, 0.2) is 54.6 Å². The van der Waals surface area contributed by atoms with Gasteiger partial charge in [-0.15, -0.1) is 0 Å². The second kappa shape index (κ2) is 8.23. The van der Waals surface area contributed by atoms with Crippen molar-refractivity contribution in [1.29, 1.82) is 0 Å². The Balaban J connectivity index is 1.70. The van der Waals surface area contributed by atoms with Crippen molar-refractivity contribution in [2.24, 2.45) is 0 Å². The zero-order valence-corrected chi connectivity index (χ0v) is 17.3. The number of carbonyl (C=O) groups excluding carboxylic acids is 1. The third-order valence-electron chi connectivity index (χ3n) is 5.22. The first-order valence-corrected chi connectivity index (χ1v) is 10.1. The number of nitrogens with zero attached hydrogens (tertiary/aromatic N) is 2. The van der Waals surface area contributed by atoms with Crippen LogP contribution < -0.4 is 5.32 Å². The van der Waals surface area contributed by atoms with Crippen LogP contribution in [0.3, 0.4) is 0 Å². The van der Waals surface area contributed by atoms with Crippen LogP contribution in [0, 0.1) is 0 Å². The Morgan fingerprint density at radius 2 is 1.97 bits per heavy atom. The lowest BCUT2D eigenvalue weighted by molar-refractivity contribution is -0.141. The molecule has 0 saturated heterocycles. The van der Waals surface area contributed by atoms with Crippen molar-refractivity contribution in [3.05, 3.63) is 87.7 Å². The number of benzene rings is 2. The summed E-state index contributed by atoms with van der Waals surface area (Å²) < 4.78 is 40.9. The number of allylic oxidation sites excluding steroid dienone is 1. The first-order chi connectivity index (χ1) is 14.8. The van der Waals surface area contributed by atoms with Gasteiger partial charge in [-0.3, -0.25) is 4.79 Å². The molecule has 3 aromatic rings. The lowest BCUT2D eigenvalue weighted by Gasteiger charge is -2.21. The molecule has 1 aliphatic rings. The smallest absolute Gasteiger partial charge is 0.344 e. The molecule has 0 bridgehead atoms. The lowest BCUT2D eigenvalue weighted by atomic mass is 9.90. The van der Waals surface area contributed by atoms with E-state index in [1.165, 1.54) is 17.7 Å². The maximum atomic E-state index is 13.3. The predicted octanol–water partition coefficient (Wildman–Crippen LogP) is 5.99. The molecule has 4 nitrogen and oxygen atoms in total. The molecule has 0 aliphatic heterocycles. The molecule has 160 valence electrons. The number of rotatable bonds is 4. The third kappa shape index (κ3) is 4.23. The van der Waals surface area contributed by atoms with Crippen molar-refractivity contribution in [2.75, 3.05) is 0 Å². The summed E-state index contributed by atoms with van der Waals surface area (Å²) in [7, 11) is 0. The second-order valence-electron chi connectivity index (χ2n) is 7.33. The highest BCUT2D eigenvalue weighted by molar-refractivity contribution is 6.32. The normalized spacial score (nSPS) is 14.2. The Labute approximate surface area is 182 Å². The fourth-order valence-electron chi connectivity index (χ4n) is 3.71. The number of carbonyl (C=O) groups is 1. The summed E-state index contributed by atoms with van der Waals surface area (Å²) in [5, 5.41) is 6.62. The number of hydrogen-bond donors (Lipinski definition) is 1. The molecule has 1 N–H and O–H groups in total. The molecule has 0 fully saturated rings. The molecule has 0 radical (unpaired) electrons. The summed E-state index contributed by atoms with van der Waals surface area (Å²) in [6, 6.07) is 12.5. The summed E-state index contributed by atoms with van der Waals surface area (Å²) in [6.07, 6.45) is 1.26. The number of para-hydroxylation sites is 1. The molecule has 1 amide bonds. The van der Waals surface area contributed by atoms with Gasteiger partial charge in [0.25, 0.3) is 5.91 Å². The number of aromatic nitrogens is 2. The van der Waals surface area contributed by atoms with Crippen molar-refractivity contribution in [3.8, 4) is 5.69 Å². The zero-order valence-electron chi connectivity index (χ0n) is 16.6. The number of aryl methyl sites for hydroxylation is 1. The molecule has 31 heavy (non-hydrogen) atoms. The van der Waals surface area contributed by atoms with Crippen LogP contribution in [-0.2, 0) is 12.6 Å². The minimum Gasteiger partial charge on any atom is -0.344 e. The largest absolute Gasteiger partial charge is 0.435 e. The first kappa shape index (κ1) is 21.2. The summed E-state index contributed by atoms with van der Waals surface area (Å²) in [5.41, 5.74) is 1.91. The average molecular weight is 446 g/mol. The Morgan fingerprint density at radius 3 is 2.71 bits per heavy atom. The van der Waals surface area contributed by atoms with Crippen LogP contribution in [-0.4, -0.2) is 15.7 Å². The number of amides is 1. The van der Waals surface area contributed by atoms with Gasteiger partial charge in [0.2, 0.25) is 0 Å². The SMILES string of the molecule is C[C@H](NC(=O)c1cc(C(F)(F)F)nn1-c1ccccc1Cl)c1cccc2c1C=CCC2. The quantitative estimate of drug-likeness (QED) is 0.535. The molecule has 2 aromatic carbocycles. The van der Waals surface area contributed by atoms with E-state index in [0.29, 0.717) is 0 Å². The lowest BCUT2D eigenvalue weighted by Crippen LogP contribution is -2.29. The van der Waals surface area contributed by atoms with Crippen molar-refractivity contribution in [1.82, 2.24) is 15.1 Å². The molecule has 4 rings (SSSR count). The molecule has 1 aliphatic carbocycles. The molecule has 8 heteroatoms. The van der Waals surface area contributed by atoms with Crippen LogP contribution >= 0.6 is 11.6 Å². The maximum Gasteiger partial charge on any atom is 0.435 e. The minimum absolute atomic E-state index is 0.184. The van der Waals surface area contributed by atoms with E-state index in [9.17, 15) is 18.0 Å². The van der Waals surface area contributed by atoms with E-state index in [0.717, 1.165) is 34.7 Å². The number of halogens is 4. The Hall–Kier alpha value is -3.06. The Kier molecular flexibility index (Phi) is 5.62. The third-order valence-corrected chi connectivity index (χ3v) is 5.54. The highest BCUT2D eigenvalue weighted by atomic mass is 35.5. The molecule has 0 saturated carbocycles. The number of hydrogen-bond acceptors (Lipinski definition) is 2. The highest BCUT2D eigenvalue weighted by Gasteiger charge is 2.36. The summed E-state index contributed by atoms with van der Waals surface area (Å²) >= 11 is 6.16. The van der Waals surface area contributed by atoms with Gasteiger partial charge < -0.3 is 5.32 Å². The van der Waals surface area contributed by atoms with Gasteiger partial charge in [-0.2, -0.15) is 18.3 Å². The number of nitrogens with one attached hydrogen (secondary N) is 1. The van der Waals surface area contributed by atoms with Gasteiger partial charge in [0.05, 0.1) is 16.8 Å². The fourth-order valence-corrected chi connectivity index (χ4v) is 3.92. The van der Waals surface area contributed by atoms with E-state index in [-0.39, 0.29) is 16.4 Å². The molecule has 1 heterocycles. The Morgan fingerprint density at radius 1 is 1.19 bits per heavy atom. The predicted molar refractivity (Wildman–Crippen MR) is 113 cm³/mol. The molecule has 0 unspecified atom stereocenters. The average Bonchev–Trinajstić information content (AvgIpc) is 3.19. The van der Waals surface area contributed by atoms with Crippen LogP contribution in [0.4, 0.5) is 13.2 Å². The zero-order chi connectivity index (χ0) is 22.2. The molecular weight excluding hydrogens is 427 g/mol. The van der Waals surface area contributed by atoms with E-state index in [1.54, 1.807) is 19.1 Å². The van der Waals surface area contributed by atoms with Crippen molar-refractivity contribution in [2.45, 2.75) is 32.0 Å². The van der Waals surface area contributed by atoms with Gasteiger partial charge in [-0.25, -0.2) is 4.68 Å². The van der Waals surface area contributed by atoms with Crippen molar-refractivity contribution < 1.29 is 18.0 Å². The molecule has 1 atom stereocenters. The first-order valence-electron chi connectivity index (χ1n) is 9.77. The van der Waals surface area contributed by atoms with Gasteiger partial charge in [-0.05, 0) is 48.6 Å². The van der Waals surface area contributed by atoms with Crippen molar-refractivity contribution in [3.63, 3.8) is 0 Å². The van der Waals surface area contributed by atoms with E-state index >= 15 is 0 Å².